The lowest BCUT2D eigenvalue weighted by atomic mass is 9.87. The zero-order chi connectivity index (χ0) is 12.1. The number of hydrogen-bond donors (Lipinski definition) is 1. The molecule has 0 unspecified atom stereocenters. The van der Waals surface area contributed by atoms with E-state index in [4.69, 9.17) is 5.11 Å². The van der Waals surface area contributed by atoms with Crippen LogP contribution in [-0.2, 0) is 5.41 Å². The van der Waals surface area contributed by atoms with Gasteiger partial charge in [0, 0.05) is 0 Å². The van der Waals surface area contributed by atoms with Crippen molar-refractivity contribution in [1.82, 2.24) is 0 Å². The third kappa shape index (κ3) is 3.98. The van der Waals surface area contributed by atoms with Gasteiger partial charge in [-0.1, -0.05) is 32.9 Å². The number of carbonyl (C=O) groups is 1. The molecular formula is C13H18O2. The van der Waals surface area contributed by atoms with Gasteiger partial charge >= 0.3 is 5.97 Å². The van der Waals surface area contributed by atoms with E-state index in [1.54, 1.807) is 12.1 Å². The first kappa shape index (κ1) is 13.4. The van der Waals surface area contributed by atoms with Crippen molar-refractivity contribution < 1.29 is 9.90 Å². The van der Waals surface area contributed by atoms with Gasteiger partial charge in [0.2, 0.25) is 0 Å². The molecule has 0 aliphatic rings. The standard InChI is InChI=1S/C11H14O2.C2H4/c1-11(2,3)9-6-4-8(5-7-9)10(12)13;1-2/h4-7H,1-3H3,(H,12,13);1-2H2. The van der Waals surface area contributed by atoms with Gasteiger partial charge in [-0.25, -0.2) is 4.79 Å². The molecule has 82 valence electrons. The van der Waals surface area contributed by atoms with Crippen molar-refractivity contribution in [2.75, 3.05) is 0 Å². The van der Waals surface area contributed by atoms with Crippen molar-refractivity contribution in [2.45, 2.75) is 26.2 Å². The molecule has 0 saturated heterocycles. The lowest BCUT2D eigenvalue weighted by molar-refractivity contribution is 0.0697. The Hall–Kier alpha value is -1.57. The maximum absolute atomic E-state index is 10.6. The van der Waals surface area contributed by atoms with Gasteiger partial charge in [0.15, 0.2) is 0 Å². The molecule has 0 saturated carbocycles. The fourth-order valence-electron chi connectivity index (χ4n) is 1.11. The van der Waals surface area contributed by atoms with Crippen LogP contribution in [0.5, 0.6) is 0 Å². The summed E-state index contributed by atoms with van der Waals surface area (Å²) in [6, 6.07) is 7.01. The van der Waals surface area contributed by atoms with Crippen LogP contribution in [0.15, 0.2) is 37.4 Å². The van der Waals surface area contributed by atoms with E-state index in [2.05, 4.69) is 33.9 Å². The first-order valence-electron chi connectivity index (χ1n) is 4.75. The Kier molecular flexibility index (Phi) is 4.79. The molecule has 1 rings (SSSR count). The van der Waals surface area contributed by atoms with Gasteiger partial charge in [0.25, 0.3) is 0 Å². The van der Waals surface area contributed by atoms with E-state index in [0.29, 0.717) is 5.56 Å². The molecule has 0 bridgehead atoms. The van der Waals surface area contributed by atoms with Crippen molar-refractivity contribution in [2.24, 2.45) is 0 Å². The Balaban J connectivity index is 0.000000921. The van der Waals surface area contributed by atoms with E-state index >= 15 is 0 Å². The quantitative estimate of drug-likeness (QED) is 0.714. The van der Waals surface area contributed by atoms with Gasteiger partial charge in [-0.15, -0.1) is 13.2 Å². The SMILES string of the molecule is C=C.CC(C)(C)c1ccc(C(=O)O)cc1. The molecule has 0 aromatic heterocycles. The van der Waals surface area contributed by atoms with Crippen LogP contribution in [0.25, 0.3) is 0 Å². The first-order valence-corrected chi connectivity index (χ1v) is 4.75. The van der Waals surface area contributed by atoms with Crippen LogP contribution in [-0.4, -0.2) is 11.1 Å². The smallest absolute Gasteiger partial charge is 0.335 e. The van der Waals surface area contributed by atoms with E-state index < -0.39 is 5.97 Å². The van der Waals surface area contributed by atoms with Crippen LogP contribution in [0.3, 0.4) is 0 Å². The molecule has 0 radical (unpaired) electrons. The van der Waals surface area contributed by atoms with Crippen molar-refractivity contribution in [3.05, 3.63) is 48.6 Å². The second-order valence-electron chi connectivity index (χ2n) is 4.13. The molecular weight excluding hydrogens is 188 g/mol. The minimum absolute atomic E-state index is 0.0804. The maximum Gasteiger partial charge on any atom is 0.335 e. The second-order valence-corrected chi connectivity index (χ2v) is 4.13. The van der Waals surface area contributed by atoms with Crippen LogP contribution in [0.4, 0.5) is 0 Å². The monoisotopic (exact) mass is 206 g/mol. The van der Waals surface area contributed by atoms with Gasteiger partial charge in [-0.05, 0) is 23.1 Å². The Bertz CT molecular complexity index is 317. The number of benzene rings is 1. The van der Waals surface area contributed by atoms with Crippen LogP contribution in [0.2, 0.25) is 0 Å². The normalized spacial score (nSPS) is 10.1. The highest BCUT2D eigenvalue weighted by atomic mass is 16.4. The molecule has 2 heteroatoms. The highest BCUT2D eigenvalue weighted by Crippen LogP contribution is 2.21. The van der Waals surface area contributed by atoms with Gasteiger partial charge in [0.05, 0.1) is 5.56 Å². The minimum atomic E-state index is -0.875. The van der Waals surface area contributed by atoms with Crippen molar-refractivity contribution >= 4 is 5.97 Å². The van der Waals surface area contributed by atoms with E-state index in [1.807, 2.05) is 12.1 Å². The summed E-state index contributed by atoms with van der Waals surface area (Å²) in [5.74, 6) is -0.875. The van der Waals surface area contributed by atoms with Crippen molar-refractivity contribution in [3.63, 3.8) is 0 Å². The first-order chi connectivity index (χ1) is 6.91. The minimum Gasteiger partial charge on any atom is -0.478 e. The zero-order valence-corrected chi connectivity index (χ0v) is 9.58. The highest BCUT2D eigenvalue weighted by Gasteiger charge is 2.13. The molecule has 15 heavy (non-hydrogen) atoms. The summed E-state index contributed by atoms with van der Waals surface area (Å²) in [4.78, 5) is 10.6. The largest absolute Gasteiger partial charge is 0.478 e. The Morgan fingerprint density at radius 2 is 1.53 bits per heavy atom. The van der Waals surface area contributed by atoms with Gasteiger partial charge in [0.1, 0.15) is 0 Å². The predicted octanol–water partition coefficient (Wildman–Crippen LogP) is 3.48. The number of rotatable bonds is 1. The molecule has 0 heterocycles. The third-order valence-electron chi connectivity index (χ3n) is 2.00. The summed E-state index contributed by atoms with van der Waals surface area (Å²) in [5, 5.41) is 8.68. The molecule has 1 aromatic rings. The van der Waals surface area contributed by atoms with E-state index in [0.717, 1.165) is 5.56 Å². The van der Waals surface area contributed by atoms with Crippen LogP contribution >= 0.6 is 0 Å². The average Bonchev–Trinajstić information content (AvgIpc) is 2.20. The van der Waals surface area contributed by atoms with Crippen LogP contribution in [0, 0.1) is 0 Å². The van der Waals surface area contributed by atoms with Crippen LogP contribution in [0.1, 0.15) is 36.7 Å². The fraction of sp³-hybridized carbons (Fsp3) is 0.308. The maximum atomic E-state index is 10.6. The summed E-state index contributed by atoms with van der Waals surface area (Å²) >= 11 is 0. The lowest BCUT2D eigenvalue weighted by Crippen LogP contribution is -2.11. The molecule has 0 spiro atoms. The number of hydrogen-bond acceptors (Lipinski definition) is 1. The molecule has 1 N–H and O–H groups in total. The van der Waals surface area contributed by atoms with E-state index in [-0.39, 0.29) is 5.41 Å². The Labute approximate surface area is 91.3 Å². The van der Waals surface area contributed by atoms with Gasteiger partial charge in [-0.2, -0.15) is 0 Å². The van der Waals surface area contributed by atoms with Gasteiger partial charge < -0.3 is 5.11 Å². The second kappa shape index (κ2) is 5.35. The average molecular weight is 206 g/mol. The Morgan fingerprint density at radius 3 is 1.80 bits per heavy atom. The third-order valence-corrected chi connectivity index (χ3v) is 2.00. The zero-order valence-electron chi connectivity index (χ0n) is 9.58. The molecule has 2 nitrogen and oxygen atoms in total. The molecule has 0 aliphatic heterocycles. The summed E-state index contributed by atoms with van der Waals surface area (Å²) in [6.07, 6.45) is 0. The summed E-state index contributed by atoms with van der Waals surface area (Å²) in [5.41, 5.74) is 1.57. The molecule has 0 atom stereocenters. The Morgan fingerprint density at radius 1 is 1.13 bits per heavy atom. The van der Waals surface area contributed by atoms with Crippen LogP contribution < -0.4 is 0 Å². The highest BCUT2D eigenvalue weighted by molar-refractivity contribution is 5.87. The summed E-state index contributed by atoms with van der Waals surface area (Å²) in [7, 11) is 0. The lowest BCUT2D eigenvalue weighted by Gasteiger charge is -2.18. The van der Waals surface area contributed by atoms with Crippen molar-refractivity contribution in [1.29, 1.82) is 0 Å². The molecule has 0 amide bonds. The van der Waals surface area contributed by atoms with E-state index in [9.17, 15) is 4.79 Å². The number of aromatic carboxylic acids is 1. The molecule has 0 fully saturated rings. The van der Waals surface area contributed by atoms with E-state index in [1.165, 1.54) is 0 Å². The fourth-order valence-corrected chi connectivity index (χ4v) is 1.11. The van der Waals surface area contributed by atoms with Gasteiger partial charge in [-0.3, -0.25) is 0 Å². The summed E-state index contributed by atoms with van der Waals surface area (Å²) < 4.78 is 0. The summed E-state index contributed by atoms with van der Waals surface area (Å²) in [6.45, 7) is 12.3. The molecule has 0 aliphatic carbocycles. The topological polar surface area (TPSA) is 37.3 Å². The number of carboxylic acids is 1. The molecule has 1 aromatic carbocycles. The predicted molar refractivity (Wildman–Crippen MR) is 63.4 cm³/mol. The van der Waals surface area contributed by atoms with Crippen molar-refractivity contribution in [3.8, 4) is 0 Å². The number of carboxylic acid groups (broad SMARTS) is 1.